The van der Waals surface area contributed by atoms with Crippen molar-refractivity contribution in [2.24, 2.45) is 0 Å². The van der Waals surface area contributed by atoms with E-state index in [4.69, 9.17) is 0 Å². The van der Waals surface area contributed by atoms with E-state index in [1.54, 1.807) is 19.1 Å². The molecule has 0 fully saturated rings. The van der Waals surface area contributed by atoms with Crippen LogP contribution in [0.25, 0.3) is 11.3 Å². The van der Waals surface area contributed by atoms with E-state index >= 15 is 0 Å². The molecule has 0 aliphatic carbocycles. The average molecular weight is 371 g/mol. The first kappa shape index (κ1) is 17.7. The highest BCUT2D eigenvalue weighted by Crippen LogP contribution is 2.31. The van der Waals surface area contributed by atoms with Gasteiger partial charge in [0.2, 0.25) is 0 Å². The Bertz CT molecular complexity index is 999. The monoisotopic (exact) mass is 371 g/mol. The van der Waals surface area contributed by atoms with Gasteiger partial charge in [-0.2, -0.15) is 0 Å². The van der Waals surface area contributed by atoms with Gasteiger partial charge in [0, 0.05) is 27.6 Å². The van der Waals surface area contributed by atoms with Crippen molar-refractivity contribution in [1.29, 1.82) is 0 Å². The van der Waals surface area contributed by atoms with Crippen LogP contribution in [-0.2, 0) is 0 Å². The molecule has 8 heteroatoms. The second-order valence-electron chi connectivity index (χ2n) is 5.64. The number of nitrogens with zero attached hydrogens (tertiary/aromatic N) is 2. The standard InChI is InChI=1S/C18H14FN3O3S/c1-10-3-4-13(9-15(10)22(24)25)17(23)21-18-20-16(11(2)26-18)12-5-7-14(19)8-6-12/h3-9H,1-2H3,(H,20,21,23). The minimum Gasteiger partial charge on any atom is -0.298 e. The predicted octanol–water partition coefficient (Wildman–Crippen LogP) is 4.73. The minimum absolute atomic E-state index is 0.111. The van der Waals surface area contributed by atoms with E-state index in [0.717, 1.165) is 10.4 Å². The number of halogens is 1. The zero-order valence-electron chi connectivity index (χ0n) is 13.9. The number of anilines is 1. The molecule has 0 saturated carbocycles. The van der Waals surface area contributed by atoms with E-state index in [1.807, 2.05) is 6.92 Å². The van der Waals surface area contributed by atoms with Crippen LogP contribution in [0.5, 0.6) is 0 Å². The van der Waals surface area contributed by atoms with Gasteiger partial charge in [0.05, 0.1) is 10.6 Å². The third-order valence-electron chi connectivity index (χ3n) is 3.80. The van der Waals surface area contributed by atoms with Gasteiger partial charge in [-0.15, -0.1) is 11.3 Å². The van der Waals surface area contributed by atoms with Crippen molar-refractivity contribution in [3.8, 4) is 11.3 Å². The smallest absolute Gasteiger partial charge is 0.273 e. The Hall–Kier alpha value is -3.13. The van der Waals surface area contributed by atoms with E-state index in [-0.39, 0.29) is 17.1 Å². The van der Waals surface area contributed by atoms with Gasteiger partial charge in [-0.3, -0.25) is 20.2 Å². The van der Waals surface area contributed by atoms with Gasteiger partial charge in [-0.05, 0) is 44.2 Å². The molecular weight excluding hydrogens is 357 g/mol. The van der Waals surface area contributed by atoms with Crippen LogP contribution in [0.1, 0.15) is 20.8 Å². The fourth-order valence-electron chi connectivity index (χ4n) is 2.44. The Morgan fingerprint density at radius 1 is 1.19 bits per heavy atom. The number of nitrogens with one attached hydrogen (secondary N) is 1. The molecule has 3 aromatic rings. The number of nitro groups is 1. The number of rotatable bonds is 4. The summed E-state index contributed by atoms with van der Waals surface area (Å²) in [6.45, 7) is 3.46. The summed E-state index contributed by atoms with van der Waals surface area (Å²) in [6.07, 6.45) is 0. The molecule has 0 bridgehead atoms. The number of benzene rings is 2. The molecule has 1 heterocycles. The summed E-state index contributed by atoms with van der Waals surface area (Å²) < 4.78 is 13.1. The SMILES string of the molecule is Cc1ccc(C(=O)Nc2nc(-c3ccc(F)cc3)c(C)s2)cc1[N+](=O)[O-]. The van der Waals surface area contributed by atoms with Crippen molar-refractivity contribution in [3.63, 3.8) is 0 Å². The molecule has 1 aromatic heterocycles. The van der Waals surface area contributed by atoms with Crippen LogP contribution in [-0.4, -0.2) is 15.8 Å². The van der Waals surface area contributed by atoms with Crippen LogP contribution in [0.3, 0.4) is 0 Å². The van der Waals surface area contributed by atoms with Crippen molar-refractivity contribution < 1.29 is 14.1 Å². The Morgan fingerprint density at radius 3 is 2.54 bits per heavy atom. The number of carbonyl (C=O) groups excluding carboxylic acids is 1. The maximum Gasteiger partial charge on any atom is 0.273 e. The predicted molar refractivity (Wildman–Crippen MR) is 98.0 cm³/mol. The highest BCUT2D eigenvalue weighted by molar-refractivity contribution is 7.16. The van der Waals surface area contributed by atoms with Gasteiger partial charge >= 0.3 is 0 Å². The van der Waals surface area contributed by atoms with E-state index in [2.05, 4.69) is 10.3 Å². The number of carbonyl (C=O) groups is 1. The van der Waals surface area contributed by atoms with Crippen LogP contribution in [0.15, 0.2) is 42.5 Å². The van der Waals surface area contributed by atoms with E-state index in [0.29, 0.717) is 16.4 Å². The van der Waals surface area contributed by atoms with Crippen molar-refractivity contribution in [1.82, 2.24) is 4.98 Å². The zero-order chi connectivity index (χ0) is 18.8. The molecule has 0 aliphatic rings. The summed E-state index contributed by atoms with van der Waals surface area (Å²) in [5, 5.41) is 14.0. The van der Waals surface area contributed by atoms with Crippen LogP contribution in [0.2, 0.25) is 0 Å². The summed E-state index contributed by atoms with van der Waals surface area (Å²) in [7, 11) is 0. The highest BCUT2D eigenvalue weighted by Gasteiger charge is 2.17. The second kappa shape index (κ2) is 7.01. The van der Waals surface area contributed by atoms with Crippen molar-refractivity contribution in [2.75, 3.05) is 5.32 Å². The Labute approximate surface area is 152 Å². The third kappa shape index (κ3) is 3.60. The molecule has 26 heavy (non-hydrogen) atoms. The third-order valence-corrected chi connectivity index (χ3v) is 4.69. The van der Waals surface area contributed by atoms with Crippen LogP contribution < -0.4 is 5.32 Å². The molecule has 2 aromatic carbocycles. The summed E-state index contributed by atoms with van der Waals surface area (Å²) >= 11 is 1.28. The molecule has 0 atom stereocenters. The van der Waals surface area contributed by atoms with E-state index in [9.17, 15) is 19.3 Å². The van der Waals surface area contributed by atoms with Gasteiger partial charge < -0.3 is 0 Å². The van der Waals surface area contributed by atoms with Gasteiger partial charge in [-0.1, -0.05) is 6.07 Å². The number of hydrogen-bond acceptors (Lipinski definition) is 5. The largest absolute Gasteiger partial charge is 0.298 e. The summed E-state index contributed by atoms with van der Waals surface area (Å²) in [5.41, 5.74) is 1.94. The Kier molecular flexibility index (Phi) is 4.77. The normalized spacial score (nSPS) is 10.6. The lowest BCUT2D eigenvalue weighted by molar-refractivity contribution is -0.385. The molecule has 0 unspecified atom stereocenters. The fourth-order valence-corrected chi connectivity index (χ4v) is 3.27. The van der Waals surface area contributed by atoms with Gasteiger partial charge in [-0.25, -0.2) is 9.37 Å². The quantitative estimate of drug-likeness (QED) is 0.531. The maximum absolute atomic E-state index is 13.1. The molecule has 132 valence electrons. The number of thiazole rings is 1. The van der Waals surface area contributed by atoms with Crippen molar-refractivity contribution >= 4 is 28.1 Å². The van der Waals surface area contributed by atoms with Crippen LogP contribution in [0, 0.1) is 29.8 Å². The minimum atomic E-state index is -0.522. The molecule has 1 N–H and O–H groups in total. The highest BCUT2D eigenvalue weighted by atomic mass is 32.1. The lowest BCUT2D eigenvalue weighted by atomic mass is 10.1. The first-order chi connectivity index (χ1) is 12.3. The molecule has 0 saturated heterocycles. The molecule has 0 radical (unpaired) electrons. The first-order valence-electron chi connectivity index (χ1n) is 7.65. The number of aromatic nitrogens is 1. The number of amides is 1. The molecule has 6 nitrogen and oxygen atoms in total. The van der Waals surface area contributed by atoms with E-state index < -0.39 is 10.8 Å². The van der Waals surface area contributed by atoms with Gasteiger partial charge in [0.1, 0.15) is 5.82 Å². The average Bonchev–Trinajstić information content (AvgIpc) is 2.96. The van der Waals surface area contributed by atoms with Crippen LogP contribution >= 0.6 is 11.3 Å². The number of aryl methyl sites for hydroxylation is 2. The molecular formula is C18H14FN3O3S. The molecule has 1 amide bonds. The second-order valence-corrected chi connectivity index (χ2v) is 6.85. The number of nitro benzene ring substituents is 1. The Balaban J connectivity index is 1.84. The first-order valence-corrected chi connectivity index (χ1v) is 8.46. The Morgan fingerprint density at radius 2 is 1.88 bits per heavy atom. The van der Waals surface area contributed by atoms with Gasteiger partial charge in [0.25, 0.3) is 11.6 Å². The van der Waals surface area contributed by atoms with Gasteiger partial charge in [0.15, 0.2) is 5.13 Å². The molecule has 0 spiro atoms. The molecule has 3 rings (SSSR count). The fraction of sp³-hybridized carbons (Fsp3) is 0.111. The lowest BCUT2D eigenvalue weighted by Gasteiger charge is -2.03. The molecule has 0 aliphatic heterocycles. The van der Waals surface area contributed by atoms with E-state index in [1.165, 1.54) is 41.7 Å². The number of hydrogen-bond donors (Lipinski definition) is 1. The van der Waals surface area contributed by atoms with Crippen molar-refractivity contribution in [3.05, 3.63) is 74.4 Å². The van der Waals surface area contributed by atoms with Crippen LogP contribution in [0.4, 0.5) is 15.2 Å². The summed E-state index contributed by atoms with van der Waals surface area (Å²) in [5.74, 6) is -0.816. The summed E-state index contributed by atoms with van der Waals surface area (Å²) in [4.78, 5) is 28.1. The van der Waals surface area contributed by atoms with Crippen molar-refractivity contribution in [2.45, 2.75) is 13.8 Å². The lowest BCUT2D eigenvalue weighted by Crippen LogP contribution is -2.12. The summed E-state index contributed by atoms with van der Waals surface area (Å²) in [6, 6.07) is 10.2. The zero-order valence-corrected chi connectivity index (χ0v) is 14.8. The maximum atomic E-state index is 13.1. The topological polar surface area (TPSA) is 85.1 Å².